The predicted molar refractivity (Wildman–Crippen MR) is 115 cm³/mol. The van der Waals surface area contributed by atoms with Crippen molar-refractivity contribution in [3.05, 3.63) is 60.4 Å². The molecule has 1 unspecified atom stereocenters. The van der Waals surface area contributed by atoms with Gasteiger partial charge in [-0.2, -0.15) is 0 Å². The number of aromatic nitrogens is 4. The Kier molecular flexibility index (Phi) is 6.24. The van der Waals surface area contributed by atoms with E-state index in [2.05, 4.69) is 37.2 Å². The molecule has 0 bridgehead atoms. The van der Waals surface area contributed by atoms with Gasteiger partial charge in [-0.1, -0.05) is 54.9 Å². The van der Waals surface area contributed by atoms with Crippen molar-refractivity contribution in [2.24, 2.45) is 0 Å². The number of carbonyl (C=O) groups is 1. The fourth-order valence-corrected chi connectivity index (χ4v) is 4.46. The second-order valence-electron chi connectivity index (χ2n) is 7.36. The molecule has 1 atom stereocenters. The van der Waals surface area contributed by atoms with E-state index in [1.807, 2.05) is 37.3 Å². The van der Waals surface area contributed by atoms with E-state index in [9.17, 15) is 4.79 Å². The molecule has 1 N–H and O–H groups in total. The fourth-order valence-electron chi connectivity index (χ4n) is 3.60. The molecule has 1 fully saturated rings. The summed E-state index contributed by atoms with van der Waals surface area (Å²) in [5, 5.41) is 12.5. The third kappa shape index (κ3) is 4.85. The Balaban J connectivity index is 1.57. The molecule has 1 amide bonds. The topological polar surface area (TPSA) is 72.7 Å². The maximum atomic E-state index is 12.7. The molecular weight excluding hydrogens is 382 g/mol. The molecule has 0 spiro atoms. The van der Waals surface area contributed by atoms with Gasteiger partial charge in [0.25, 0.3) is 0 Å². The van der Waals surface area contributed by atoms with Crippen LogP contribution in [0.4, 0.5) is 0 Å². The molecule has 0 aliphatic heterocycles. The van der Waals surface area contributed by atoms with Crippen LogP contribution in [0.15, 0.2) is 60.0 Å². The number of rotatable bonds is 7. The summed E-state index contributed by atoms with van der Waals surface area (Å²) >= 11 is 1.46. The van der Waals surface area contributed by atoms with E-state index >= 15 is 0 Å². The minimum atomic E-state index is -0.236. The van der Waals surface area contributed by atoms with Crippen LogP contribution in [0.25, 0.3) is 11.4 Å². The summed E-state index contributed by atoms with van der Waals surface area (Å²) in [5.41, 5.74) is 2.12. The third-order valence-electron chi connectivity index (χ3n) is 5.19. The number of carbonyl (C=O) groups excluding carboxylic acids is 1. The minimum Gasteiger partial charge on any atom is -0.352 e. The first-order valence-corrected chi connectivity index (χ1v) is 10.9. The number of nitrogens with zero attached hydrogens (tertiary/aromatic N) is 4. The lowest BCUT2D eigenvalue weighted by molar-refractivity contribution is -0.120. The van der Waals surface area contributed by atoms with Crippen molar-refractivity contribution in [1.29, 1.82) is 0 Å². The highest BCUT2D eigenvalue weighted by Crippen LogP contribution is 2.28. The Morgan fingerprint density at radius 2 is 1.86 bits per heavy atom. The summed E-state index contributed by atoms with van der Waals surface area (Å²) in [6, 6.07) is 14.4. The van der Waals surface area contributed by atoms with Gasteiger partial charge in [0.1, 0.15) is 0 Å². The molecule has 29 heavy (non-hydrogen) atoms. The maximum absolute atomic E-state index is 12.7. The lowest BCUT2D eigenvalue weighted by Crippen LogP contribution is -2.37. The molecule has 7 heteroatoms. The highest BCUT2D eigenvalue weighted by Gasteiger charge is 2.24. The van der Waals surface area contributed by atoms with Crippen LogP contribution >= 0.6 is 11.8 Å². The van der Waals surface area contributed by atoms with Gasteiger partial charge in [0.2, 0.25) is 5.91 Å². The van der Waals surface area contributed by atoms with E-state index in [0.29, 0.717) is 12.6 Å². The van der Waals surface area contributed by atoms with Gasteiger partial charge >= 0.3 is 0 Å². The van der Waals surface area contributed by atoms with Crippen LogP contribution in [0.1, 0.15) is 38.2 Å². The number of thioether (sulfide) groups is 1. The van der Waals surface area contributed by atoms with Crippen LogP contribution in [0.2, 0.25) is 0 Å². The van der Waals surface area contributed by atoms with Crippen molar-refractivity contribution in [3.8, 4) is 11.4 Å². The normalized spacial score (nSPS) is 15.3. The predicted octanol–water partition coefficient (Wildman–Crippen LogP) is 3.93. The third-order valence-corrected chi connectivity index (χ3v) is 6.27. The van der Waals surface area contributed by atoms with Gasteiger partial charge in [-0.25, -0.2) is 0 Å². The summed E-state index contributed by atoms with van der Waals surface area (Å²) in [5.74, 6) is 0.851. The zero-order valence-corrected chi connectivity index (χ0v) is 17.3. The van der Waals surface area contributed by atoms with Crippen molar-refractivity contribution >= 4 is 17.7 Å². The Hall–Kier alpha value is -2.67. The second kappa shape index (κ2) is 9.22. The molecule has 1 aliphatic rings. The van der Waals surface area contributed by atoms with E-state index in [4.69, 9.17) is 0 Å². The molecule has 0 radical (unpaired) electrons. The summed E-state index contributed by atoms with van der Waals surface area (Å²) in [7, 11) is 0. The van der Waals surface area contributed by atoms with Gasteiger partial charge in [-0.3, -0.25) is 14.3 Å². The van der Waals surface area contributed by atoms with Gasteiger partial charge in [0.15, 0.2) is 11.0 Å². The van der Waals surface area contributed by atoms with E-state index in [1.165, 1.54) is 24.6 Å². The molecule has 150 valence electrons. The lowest BCUT2D eigenvalue weighted by Gasteiger charge is -2.17. The first-order chi connectivity index (χ1) is 14.2. The van der Waals surface area contributed by atoms with Crippen molar-refractivity contribution in [2.75, 3.05) is 0 Å². The van der Waals surface area contributed by atoms with Gasteiger partial charge in [0.05, 0.1) is 11.8 Å². The fraction of sp³-hybridized carbons (Fsp3) is 0.364. The number of hydrogen-bond donors (Lipinski definition) is 1. The molecule has 1 aliphatic carbocycles. The standard InChI is InChI=1S/C22H25N5OS/c1-16(21(28)24-19-9-5-6-10-19)29-22-26-25-20(18-11-13-23-14-12-18)27(22)15-17-7-3-2-4-8-17/h2-4,7-8,11-14,16,19H,5-6,9-10,15H2,1H3,(H,24,28). The van der Waals surface area contributed by atoms with Crippen LogP contribution in [0, 0.1) is 0 Å². The molecule has 3 aromatic rings. The highest BCUT2D eigenvalue weighted by atomic mass is 32.2. The van der Waals surface area contributed by atoms with E-state index in [-0.39, 0.29) is 11.2 Å². The van der Waals surface area contributed by atoms with Crippen molar-refractivity contribution in [2.45, 2.75) is 55.6 Å². The zero-order valence-electron chi connectivity index (χ0n) is 16.5. The smallest absolute Gasteiger partial charge is 0.233 e. The largest absolute Gasteiger partial charge is 0.352 e. The molecule has 2 heterocycles. The first kappa shape index (κ1) is 19.6. The molecule has 6 nitrogen and oxygen atoms in total. The number of pyridine rings is 1. The van der Waals surface area contributed by atoms with E-state index in [0.717, 1.165) is 34.9 Å². The van der Waals surface area contributed by atoms with Crippen LogP contribution in [0.5, 0.6) is 0 Å². The lowest BCUT2D eigenvalue weighted by atomic mass is 10.2. The molecule has 2 aromatic heterocycles. The number of benzene rings is 1. The first-order valence-electron chi connectivity index (χ1n) is 10.1. The van der Waals surface area contributed by atoms with Gasteiger partial charge < -0.3 is 5.32 Å². The molecule has 4 rings (SSSR count). The molecular formula is C22H25N5OS. The van der Waals surface area contributed by atoms with Crippen LogP contribution in [-0.4, -0.2) is 36.9 Å². The van der Waals surface area contributed by atoms with E-state index in [1.54, 1.807) is 12.4 Å². The minimum absolute atomic E-state index is 0.0709. The molecule has 0 saturated heterocycles. The van der Waals surface area contributed by atoms with Crippen molar-refractivity contribution in [3.63, 3.8) is 0 Å². The van der Waals surface area contributed by atoms with E-state index < -0.39 is 0 Å². The maximum Gasteiger partial charge on any atom is 0.233 e. The van der Waals surface area contributed by atoms with Gasteiger partial charge in [-0.05, 0) is 37.5 Å². The van der Waals surface area contributed by atoms with Crippen LogP contribution in [-0.2, 0) is 11.3 Å². The average molecular weight is 408 g/mol. The monoisotopic (exact) mass is 407 g/mol. The Morgan fingerprint density at radius 1 is 1.14 bits per heavy atom. The Labute approximate surface area is 175 Å². The number of hydrogen-bond acceptors (Lipinski definition) is 5. The van der Waals surface area contributed by atoms with Crippen LogP contribution < -0.4 is 5.32 Å². The van der Waals surface area contributed by atoms with Gasteiger partial charge in [-0.15, -0.1) is 10.2 Å². The summed E-state index contributed by atoms with van der Waals surface area (Å²) < 4.78 is 2.08. The summed E-state index contributed by atoms with van der Waals surface area (Å²) in [4.78, 5) is 16.7. The Morgan fingerprint density at radius 3 is 2.59 bits per heavy atom. The van der Waals surface area contributed by atoms with Crippen molar-refractivity contribution < 1.29 is 4.79 Å². The summed E-state index contributed by atoms with van der Waals surface area (Å²) in [6.07, 6.45) is 8.07. The van der Waals surface area contributed by atoms with Gasteiger partial charge in [0, 0.05) is 24.0 Å². The number of amides is 1. The average Bonchev–Trinajstić information content (AvgIpc) is 3.40. The second-order valence-corrected chi connectivity index (χ2v) is 8.67. The van der Waals surface area contributed by atoms with Crippen LogP contribution in [0.3, 0.4) is 0 Å². The zero-order chi connectivity index (χ0) is 20.1. The molecule has 1 saturated carbocycles. The molecule has 1 aromatic carbocycles. The summed E-state index contributed by atoms with van der Waals surface area (Å²) in [6.45, 7) is 2.58. The Bertz CT molecular complexity index is 938. The van der Waals surface area contributed by atoms with Crippen molar-refractivity contribution in [1.82, 2.24) is 25.1 Å². The SMILES string of the molecule is CC(Sc1nnc(-c2ccncc2)n1Cc1ccccc1)C(=O)NC1CCCC1. The highest BCUT2D eigenvalue weighted by molar-refractivity contribution is 8.00. The quantitative estimate of drug-likeness (QED) is 0.601. The number of nitrogens with one attached hydrogen (secondary N) is 1.